The smallest absolute Gasteiger partial charge is 0.410 e. The summed E-state index contributed by atoms with van der Waals surface area (Å²) in [5, 5.41) is 8.84. The average molecular weight is 227 g/mol. The molecule has 90 valence electrons. The first-order chi connectivity index (χ1) is 7.29. The first kappa shape index (κ1) is 11.2. The van der Waals surface area contributed by atoms with E-state index in [-0.39, 0.29) is 23.8 Å². The number of aliphatic carboxylic acids is 1. The van der Waals surface area contributed by atoms with Gasteiger partial charge in [0.25, 0.3) is 0 Å². The van der Waals surface area contributed by atoms with E-state index < -0.39 is 11.6 Å². The Balaban J connectivity index is 1.85. The fraction of sp³-hybridized carbons (Fsp3) is 0.818. The highest BCUT2D eigenvalue weighted by Crippen LogP contribution is 2.51. The number of likely N-dealkylation sites (tertiary alicyclic amines) is 1. The lowest BCUT2D eigenvalue weighted by molar-refractivity contribution is -0.139. The Labute approximate surface area is 94.4 Å². The minimum absolute atomic E-state index is 0.144. The third-order valence-electron chi connectivity index (χ3n) is 3.13. The van der Waals surface area contributed by atoms with E-state index in [9.17, 15) is 9.59 Å². The standard InChI is InChI=1S/C11H17NO4/c1-11(2,3)16-10(15)12-4-6-7(5-12)8(6)9(13)14/h6-8H,4-5H2,1-3H3,(H,13,14)/t6-,7?,8?/m1/s1. The van der Waals surface area contributed by atoms with Gasteiger partial charge in [-0.15, -0.1) is 0 Å². The van der Waals surface area contributed by atoms with E-state index in [4.69, 9.17) is 9.84 Å². The van der Waals surface area contributed by atoms with E-state index in [2.05, 4.69) is 0 Å². The zero-order chi connectivity index (χ0) is 12.1. The van der Waals surface area contributed by atoms with Gasteiger partial charge in [-0.05, 0) is 32.6 Å². The maximum absolute atomic E-state index is 11.7. The highest BCUT2D eigenvalue weighted by Gasteiger charge is 2.60. The van der Waals surface area contributed by atoms with Crippen LogP contribution in [0.3, 0.4) is 0 Å². The predicted octanol–water partition coefficient (Wildman–Crippen LogP) is 1.18. The van der Waals surface area contributed by atoms with E-state index >= 15 is 0 Å². The van der Waals surface area contributed by atoms with Gasteiger partial charge in [0, 0.05) is 13.1 Å². The predicted molar refractivity (Wildman–Crippen MR) is 55.9 cm³/mol. The molecule has 1 heterocycles. The molecule has 0 aromatic heterocycles. The van der Waals surface area contributed by atoms with Crippen LogP contribution in [-0.2, 0) is 9.53 Å². The van der Waals surface area contributed by atoms with Crippen molar-refractivity contribution in [3.05, 3.63) is 0 Å². The molecule has 2 unspecified atom stereocenters. The number of fused-ring (bicyclic) bond motifs is 1. The summed E-state index contributed by atoms with van der Waals surface area (Å²) < 4.78 is 5.23. The Morgan fingerprint density at radius 1 is 1.25 bits per heavy atom. The maximum atomic E-state index is 11.7. The van der Waals surface area contributed by atoms with Gasteiger partial charge in [0.2, 0.25) is 0 Å². The molecule has 3 atom stereocenters. The summed E-state index contributed by atoms with van der Waals surface area (Å²) in [7, 11) is 0. The van der Waals surface area contributed by atoms with Gasteiger partial charge < -0.3 is 14.7 Å². The zero-order valence-electron chi connectivity index (χ0n) is 9.77. The minimum atomic E-state index is -0.737. The van der Waals surface area contributed by atoms with Crippen LogP contribution in [-0.4, -0.2) is 40.8 Å². The second-order valence-electron chi connectivity index (χ2n) is 5.58. The van der Waals surface area contributed by atoms with Gasteiger partial charge in [-0.1, -0.05) is 0 Å². The number of piperidine rings is 1. The molecule has 1 aliphatic heterocycles. The second-order valence-corrected chi connectivity index (χ2v) is 5.58. The zero-order valence-corrected chi connectivity index (χ0v) is 9.77. The number of carboxylic acids is 1. The largest absolute Gasteiger partial charge is 0.481 e. The Hall–Kier alpha value is -1.26. The van der Waals surface area contributed by atoms with Crippen LogP contribution in [0.4, 0.5) is 4.79 Å². The van der Waals surface area contributed by atoms with Crippen molar-refractivity contribution in [3.63, 3.8) is 0 Å². The molecule has 0 radical (unpaired) electrons. The molecule has 0 aromatic rings. The van der Waals surface area contributed by atoms with Gasteiger partial charge in [-0.2, -0.15) is 0 Å². The molecule has 0 spiro atoms. The van der Waals surface area contributed by atoms with Gasteiger partial charge >= 0.3 is 12.1 Å². The molecule has 1 saturated heterocycles. The average Bonchev–Trinajstić information content (AvgIpc) is 2.60. The van der Waals surface area contributed by atoms with Crippen molar-refractivity contribution in [2.24, 2.45) is 17.8 Å². The molecular weight excluding hydrogens is 210 g/mol. The Morgan fingerprint density at radius 2 is 1.75 bits per heavy atom. The number of hydrogen-bond acceptors (Lipinski definition) is 3. The molecule has 5 heteroatoms. The highest BCUT2D eigenvalue weighted by molar-refractivity contribution is 5.76. The molecule has 2 aliphatic rings. The molecule has 5 nitrogen and oxygen atoms in total. The summed E-state index contributed by atoms with van der Waals surface area (Å²) in [5.41, 5.74) is -0.490. The summed E-state index contributed by atoms with van der Waals surface area (Å²) in [6.07, 6.45) is -0.330. The fourth-order valence-electron chi connectivity index (χ4n) is 2.37. The van der Waals surface area contributed by atoms with E-state index in [0.717, 1.165) is 0 Å². The molecule has 0 aromatic carbocycles. The molecule has 16 heavy (non-hydrogen) atoms. The Bertz CT molecular complexity index is 321. The van der Waals surface area contributed by atoms with Gasteiger partial charge in [-0.3, -0.25) is 4.79 Å². The van der Waals surface area contributed by atoms with Crippen molar-refractivity contribution in [2.45, 2.75) is 26.4 Å². The van der Waals surface area contributed by atoms with Crippen LogP contribution < -0.4 is 0 Å². The number of amides is 1. The lowest BCUT2D eigenvalue weighted by atomic mass is 10.2. The van der Waals surface area contributed by atoms with E-state index in [1.54, 1.807) is 4.90 Å². The summed E-state index contributed by atoms with van der Waals surface area (Å²) in [4.78, 5) is 24.0. The number of rotatable bonds is 1. The van der Waals surface area contributed by atoms with Crippen molar-refractivity contribution in [2.75, 3.05) is 13.1 Å². The monoisotopic (exact) mass is 227 g/mol. The number of carboxylic acid groups (broad SMARTS) is 1. The molecule has 0 bridgehead atoms. The van der Waals surface area contributed by atoms with E-state index in [0.29, 0.717) is 13.1 Å². The van der Waals surface area contributed by atoms with Gasteiger partial charge in [0.15, 0.2) is 0 Å². The van der Waals surface area contributed by atoms with Crippen LogP contribution in [0, 0.1) is 17.8 Å². The van der Waals surface area contributed by atoms with E-state index in [1.165, 1.54) is 0 Å². The number of nitrogens with zero attached hydrogens (tertiary/aromatic N) is 1. The molecule has 2 rings (SSSR count). The van der Waals surface area contributed by atoms with Crippen molar-refractivity contribution in [1.82, 2.24) is 4.90 Å². The van der Waals surface area contributed by atoms with Crippen LogP contribution in [0.5, 0.6) is 0 Å². The van der Waals surface area contributed by atoms with Gasteiger partial charge in [0.05, 0.1) is 5.92 Å². The van der Waals surface area contributed by atoms with Crippen molar-refractivity contribution in [1.29, 1.82) is 0 Å². The quantitative estimate of drug-likeness (QED) is 0.730. The molecular formula is C11H17NO4. The molecule has 1 amide bonds. The first-order valence-electron chi connectivity index (χ1n) is 5.50. The van der Waals surface area contributed by atoms with E-state index in [1.807, 2.05) is 20.8 Å². The van der Waals surface area contributed by atoms with Crippen LogP contribution in [0.2, 0.25) is 0 Å². The number of ether oxygens (including phenoxy) is 1. The maximum Gasteiger partial charge on any atom is 0.410 e. The summed E-state index contributed by atoms with van der Waals surface area (Å²) in [6.45, 7) is 6.51. The van der Waals surface area contributed by atoms with Crippen molar-refractivity contribution >= 4 is 12.1 Å². The highest BCUT2D eigenvalue weighted by atomic mass is 16.6. The summed E-state index contributed by atoms with van der Waals surface area (Å²) in [6, 6.07) is 0. The Morgan fingerprint density at radius 3 is 2.12 bits per heavy atom. The third kappa shape index (κ3) is 1.99. The number of carbonyl (C=O) groups is 2. The lowest BCUT2D eigenvalue weighted by Gasteiger charge is -2.25. The lowest BCUT2D eigenvalue weighted by Crippen LogP contribution is -2.37. The fourth-order valence-corrected chi connectivity index (χ4v) is 2.37. The van der Waals surface area contributed by atoms with Gasteiger partial charge in [-0.25, -0.2) is 4.79 Å². The minimum Gasteiger partial charge on any atom is -0.481 e. The number of carbonyl (C=O) groups excluding carboxylic acids is 1. The third-order valence-corrected chi connectivity index (χ3v) is 3.13. The normalized spacial score (nSPS) is 32.2. The summed E-state index contributed by atoms with van der Waals surface area (Å²) >= 11 is 0. The first-order valence-corrected chi connectivity index (χ1v) is 5.50. The molecule has 1 saturated carbocycles. The van der Waals surface area contributed by atoms with Crippen LogP contribution in [0.1, 0.15) is 20.8 Å². The molecule has 1 N–H and O–H groups in total. The van der Waals surface area contributed by atoms with Gasteiger partial charge in [0.1, 0.15) is 5.60 Å². The molecule has 2 fully saturated rings. The van der Waals surface area contributed by atoms with Crippen LogP contribution >= 0.6 is 0 Å². The topological polar surface area (TPSA) is 66.8 Å². The Kier molecular flexibility index (Phi) is 2.36. The number of hydrogen-bond donors (Lipinski definition) is 1. The van der Waals surface area contributed by atoms with Crippen LogP contribution in [0.25, 0.3) is 0 Å². The molecule has 1 aliphatic carbocycles. The van der Waals surface area contributed by atoms with Crippen molar-refractivity contribution < 1.29 is 19.4 Å². The van der Waals surface area contributed by atoms with Crippen molar-refractivity contribution in [3.8, 4) is 0 Å². The van der Waals surface area contributed by atoms with Crippen LogP contribution in [0.15, 0.2) is 0 Å². The SMILES string of the molecule is CC(C)(C)OC(=O)N1CC2C(C(=O)O)[C@@H]2C1. The summed E-state index contributed by atoms with van der Waals surface area (Å²) in [5.74, 6) is -0.687. The second kappa shape index (κ2) is 3.37.